The van der Waals surface area contributed by atoms with Crippen LogP contribution in [0, 0.1) is 5.82 Å². The Balaban J connectivity index is 2.24. The summed E-state index contributed by atoms with van der Waals surface area (Å²) in [6, 6.07) is 14.3. The van der Waals surface area contributed by atoms with Crippen molar-refractivity contribution in [2.45, 2.75) is 0 Å². The number of aryl methyl sites for hydroxylation is 1. The molecule has 0 aliphatic carbocycles. The molecule has 0 spiro atoms. The van der Waals surface area contributed by atoms with Crippen molar-refractivity contribution in [2.75, 3.05) is 5.73 Å². The number of anilines is 1. The van der Waals surface area contributed by atoms with Gasteiger partial charge in [-0.05, 0) is 23.8 Å². The minimum Gasteiger partial charge on any atom is -0.383 e. The van der Waals surface area contributed by atoms with Crippen molar-refractivity contribution in [1.29, 1.82) is 0 Å². The van der Waals surface area contributed by atoms with Crippen LogP contribution < -0.4 is 5.73 Å². The molecule has 106 valence electrons. The largest absolute Gasteiger partial charge is 0.383 e. The summed E-state index contributed by atoms with van der Waals surface area (Å²) >= 11 is 5.87. The van der Waals surface area contributed by atoms with Crippen molar-refractivity contribution in [3.8, 4) is 22.4 Å². The lowest BCUT2D eigenvalue weighted by atomic mass is 10.0. The predicted molar refractivity (Wildman–Crippen MR) is 83.5 cm³/mol. The van der Waals surface area contributed by atoms with E-state index >= 15 is 0 Å². The second-order valence-electron chi connectivity index (χ2n) is 4.73. The molecule has 0 saturated carbocycles. The van der Waals surface area contributed by atoms with Crippen LogP contribution in [0.1, 0.15) is 0 Å². The highest BCUT2D eigenvalue weighted by Gasteiger charge is 2.17. The summed E-state index contributed by atoms with van der Waals surface area (Å²) in [7, 11) is 1.77. The van der Waals surface area contributed by atoms with Crippen LogP contribution in [-0.4, -0.2) is 9.78 Å². The summed E-state index contributed by atoms with van der Waals surface area (Å²) in [5.74, 6) is 0.0993. The van der Waals surface area contributed by atoms with E-state index in [1.165, 1.54) is 6.07 Å². The third-order valence-corrected chi connectivity index (χ3v) is 3.64. The van der Waals surface area contributed by atoms with Gasteiger partial charge in [0.15, 0.2) is 0 Å². The van der Waals surface area contributed by atoms with Crippen LogP contribution in [0.15, 0.2) is 48.5 Å². The Labute approximate surface area is 126 Å². The number of hydrogen-bond acceptors (Lipinski definition) is 2. The van der Waals surface area contributed by atoms with Crippen LogP contribution in [-0.2, 0) is 7.05 Å². The zero-order valence-electron chi connectivity index (χ0n) is 11.3. The monoisotopic (exact) mass is 301 g/mol. The van der Waals surface area contributed by atoms with E-state index in [-0.39, 0.29) is 5.02 Å². The molecule has 0 saturated heterocycles. The van der Waals surface area contributed by atoms with Crippen LogP contribution in [0.25, 0.3) is 22.4 Å². The average molecular weight is 302 g/mol. The topological polar surface area (TPSA) is 43.8 Å². The number of aromatic nitrogens is 2. The molecule has 0 fully saturated rings. The van der Waals surface area contributed by atoms with E-state index in [0.717, 1.165) is 16.7 Å². The van der Waals surface area contributed by atoms with Gasteiger partial charge in [0.25, 0.3) is 0 Å². The second-order valence-corrected chi connectivity index (χ2v) is 5.13. The first kappa shape index (κ1) is 13.6. The Morgan fingerprint density at radius 3 is 2.48 bits per heavy atom. The van der Waals surface area contributed by atoms with Crippen molar-refractivity contribution in [2.24, 2.45) is 7.05 Å². The highest BCUT2D eigenvalue weighted by atomic mass is 35.5. The molecule has 1 aromatic heterocycles. The third-order valence-electron chi connectivity index (χ3n) is 3.35. The SMILES string of the molecule is Cn1nc(-c2ccc(F)c(Cl)c2)c(-c2ccccc2)c1N. The molecule has 5 heteroatoms. The quantitative estimate of drug-likeness (QED) is 0.773. The zero-order chi connectivity index (χ0) is 15.0. The Kier molecular flexibility index (Phi) is 3.39. The molecule has 0 aliphatic heterocycles. The van der Waals surface area contributed by atoms with E-state index in [1.807, 2.05) is 30.3 Å². The number of halogens is 2. The summed E-state index contributed by atoms with van der Waals surface area (Å²) in [6.07, 6.45) is 0. The van der Waals surface area contributed by atoms with Gasteiger partial charge in [-0.2, -0.15) is 5.10 Å². The number of rotatable bonds is 2. The average Bonchev–Trinajstić information content (AvgIpc) is 2.79. The van der Waals surface area contributed by atoms with Gasteiger partial charge in [0.05, 0.1) is 10.6 Å². The lowest BCUT2D eigenvalue weighted by Crippen LogP contribution is -1.97. The van der Waals surface area contributed by atoms with Gasteiger partial charge in [-0.25, -0.2) is 4.39 Å². The molecule has 21 heavy (non-hydrogen) atoms. The molecule has 3 aromatic rings. The molecule has 3 rings (SSSR count). The van der Waals surface area contributed by atoms with Crippen molar-refractivity contribution in [3.63, 3.8) is 0 Å². The molecular weight excluding hydrogens is 289 g/mol. The van der Waals surface area contributed by atoms with Gasteiger partial charge in [0.2, 0.25) is 0 Å². The van der Waals surface area contributed by atoms with Crippen molar-refractivity contribution >= 4 is 17.4 Å². The number of nitrogens with two attached hydrogens (primary N) is 1. The molecule has 0 aliphatic rings. The summed E-state index contributed by atoms with van der Waals surface area (Å²) in [6.45, 7) is 0. The number of nitrogen functional groups attached to an aromatic ring is 1. The minimum atomic E-state index is -0.453. The fourth-order valence-electron chi connectivity index (χ4n) is 2.27. The van der Waals surface area contributed by atoms with Gasteiger partial charge in [-0.1, -0.05) is 41.9 Å². The Morgan fingerprint density at radius 2 is 1.81 bits per heavy atom. The molecule has 0 atom stereocenters. The normalized spacial score (nSPS) is 10.8. The van der Waals surface area contributed by atoms with Gasteiger partial charge in [-0.3, -0.25) is 4.68 Å². The molecule has 0 radical (unpaired) electrons. The van der Waals surface area contributed by atoms with Gasteiger partial charge >= 0.3 is 0 Å². The lowest BCUT2D eigenvalue weighted by molar-refractivity contribution is 0.628. The maximum Gasteiger partial charge on any atom is 0.141 e. The zero-order valence-corrected chi connectivity index (χ0v) is 12.1. The minimum absolute atomic E-state index is 0.0655. The molecule has 0 bridgehead atoms. The Morgan fingerprint density at radius 1 is 1.10 bits per heavy atom. The first-order chi connectivity index (χ1) is 10.1. The highest BCUT2D eigenvalue weighted by Crippen LogP contribution is 2.36. The van der Waals surface area contributed by atoms with Crippen LogP contribution in [0.4, 0.5) is 10.2 Å². The predicted octanol–water partition coefficient (Wildman–Crippen LogP) is 4.13. The first-order valence-corrected chi connectivity index (χ1v) is 6.79. The van der Waals surface area contributed by atoms with Gasteiger partial charge in [0.1, 0.15) is 17.3 Å². The van der Waals surface area contributed by atoms with E-state index in [2.05, 4.69) is 5.10 Å². The van der Waals surface area contributed by atoms with E-state index in [0.29, 0.717) is 11.5 Å². The van der Waals surface area contributed by atoms with E-state index in [1.54, 1.807) is 23.9 Å². The smallest absolute Gasteiger partial charge is 0.141 e. The maximum absolute atomic E-state index is 13.3. The van der Waals surface area contributed by atoms with Gasteiger partial charge in [0, 0.05) is 12.6 Å². The third kappa shape index (κ3) is 2.38. The summed E-state index contributed by atoms with van der Waals surface area (Å²) < 4.78 is 14.9. The van der Waals surface area contributed by atoms with Crippen LogP contribution >= 0.6 is 11.6 Å². The Bertz CT molecular complexity index is 797. The highest BCUT2D eigenvalue weighted by molar-refractivity contribution is 6.31. The van der Waals surface area contributed by atoms with E-state index < -0.39 is 5.82 Å². The lowest BCUT2D eigenvalue weighted by Gasteiger charge is -2.05. The van der Waals surface area contributed by atoms with E-state index in [4.69, 9.17) is 17.3 Å². The molecular formula is C16H13ClFN3. The fraction of sp³-hybridized carbons (Fsp3) is 0.0625. The van der Waals surface area contributed by atoms with Crippen molar-refractivity contribution in [3.05, 3.63) is 59.4 Å². The maximum atomic E-state index is 13.3. The van der Waals surface area contributed by atoms with Crippen LogP contribution in [0.3, 0.4) is 0 Å². The molecule has 1 heterocycles. The molecule has 2 aromatic carbocycles. The standard InChI is InChI=1S/C16H13ClFN3/c1-21-16(19)14(10-5-3-2-4-6-10)15(20-21)11-7-8-13(18)12(17)9-11/h2-9H,19H2,1H3. The van der Waals surface area contributed by atoms with Crippen molar-refractivity contribution in [1.82, 2.24) is 9.78 Å². The number of nitrogens with zero attached hydrogens (tertiary/aromatic N) is 2. The van der Waals surface area contributed by atoms with Gasteiger partial charge < -0.3 is 5.73 Å². The summed E-state index contributed by atoms with van der Waals surface area (Å²) in [5.41, 5.74) is 9.32. The molecule has 0 unspecified atom stereocenters. The number of benzene rings is 2. The van der Waals surface area contributed by atoms with Crippen molar-refractivity contribution < 1.29 is 4.39 Å². The fourth-order valence-corrected chi connectivity index (χ4v) is 2.45. The van der Waals surface area contributed by atoms with E-state index in [9.17, 15) is 4.39 Å². The van der Waals surface area contributed by atoms with Gasteiger partial charge in [-0.15, -0.1) is 0 Å². The second kappa shape index (κ2) is 5.22. The summed E-state index contributed by atoms with van der Waals surface area (Å²) in [4.78, 5) is 0. The van der Waals surface area contributed by atoms with Crippen LogP contribution in [0.5, 0.6) is 0 Å². The number of hydrogen-bond donors (Lipinski definition) is 1. The molecule has 3 nitrogen and oxygen atoms in total. The summed E-state index contributed by atoms with van der Waals surface area (Å²) in [5, 5.41) is 4.50. The molecule has 2 N–H and O–H groups in total. The Hall–Kier alpha value is -2.33. The van der Waals surface area contributed by atoms with Crippen LogP contribution in [0.2, 0.25) is 5.02 Å². The first-order valence-electron chi connectivity index (χ1n) is 6.41. The molecule has 0 amide bonds.